The summed E-state index contributed by atoms with van der Waals surface area (Å²) in [6.07, 6.45) is 6.59. The van der Waals surface area contributed by atoms with Crippen LogP contribution in [-0.2, 0) is 4.79 Å². The highest BCUT2D eigenvalue weighted by Crippen LogP contribution is 2.30. The molecule has 1 aliphatic rings. The van der Waals surface area contributed by atoms with Crippen molar-refractivity contribution in [3.63, 3.8) is 0 Å². The second-order valence-corrected chi connectivity index (χ2v) is 4.35. The quantitative estimate of drug-likeness (QED) is 0.812. The Morgan fingerprint density at radius 3 is 2.62 bits per heavy atom. The maximum absolute atomic E-state index is 11.6. The van der Waals surface area contributed by atoms with E-state index >= 15 is 0 Å². The second kappa shape index (κ2) is 4.51. The molecule has 3 N–H and O–H groups in total. The van der Waals surface area contributed by atoms with Crippen LogP contribution in [0.2, 0.25) is 0 Å². The van der Waals surface area contributed by atoms with Crippen LogP contribution in [0.4, 0.5) is 5.82 Å². The molecule has 1 aliphatic carbocycles. The van der Waals surface area contributed by atoms with Gasteiger partial charge in [-0.05, 0) is 25.0 Å². The van der Waals surface area contributed by atoms with Gasteiger partial charge in [-0.25, -0.2) is 4.98 Å². The van der Waals surface area contributed by atoms with Crippen LogP contribution >= 0.6 is 0 Å². The molecule has 1 amide bonds. The van der Waals surface area contributed by atoms with Gasteiger partial charge >= 0.3 is 0 Å². The van der Waals surface area contributed by atoms with E-state index in [0.29, 0.717) is 0 Å². The number of carbonyl (C=O) groups excluding carboxylic acids is 1. The highest BCUT2D eigenvalue weighted by molar-refractivity contribution is 5.87. The molecule has 0 radical (unpaired) electrons. The fourth-order valence-electron chi connectivity index (χ4n) is 2.27. The first-order chi connectivity index (χ1) is 7.73. The predicted molar refractivity (Wildman–Crippen MR) is 62.9 cm³/mol. The van der Waals surface area contributed by atoms with Gasteiger partial charge in [-0.2, -0.15) is 0 Å². The number of nitrogens with zero attached hydrogens (tertiary/aromatic N) is 1. The number of rotatable bonds is 3. The normalized spacial score (nSPS) is 19.0. The number of nitrogens with one attached hydrogen (secondary N) is 1. The molecule has 1 saturated carbocycles. The first-order valence-electron chi connectivity index (χ1n) is 5.72. The van der Waals surface area contributed by atoms with Crippen molar-refractivity contribution in [3.8, 4) is 0 Å². The van der Waals surface area contributed by atoms with Crippen LogP contribution in [0.3, 0.4) is 0 Å². The van der Waals surface area contributed by atoms with Gasteiger partial charge in [0.2, 0.25) is 5.91 Å². The number of nitrogens with two attached hydrogens (primary N) is 1. The Kier molecular flexibility index (Phi) is 3.08. The summed E-state index contributed by atoms with van der Waals surface area (Å²) in [5, 5.41) is 3.21. The summed E-state index contributed by atoms with van der Waals surface area (Å²) >= 11 is 0. The molecular formula is C12H17N3O. The lowest BCUT2D eigenvalue weighted by molar-refractivity contribution is -0.123. The number of carbonyl (C=O) groups is 1. The largest absolute Gasteiger partial charge is 0.368 e. The van der Waals surface area contributed by atoms with Gasteiger partial charge in [0.25, 0.3) is 0 Å². The van der Waals surface area contributed by atoms with Crippen LogP contribution in [0.1, 0.15) is 32.1 Å². The van der Waals surface area contributed by atoms with Crippen molar-refractivity contribution in [2.24, 2.45) is 5.73 Å². The van der Waals surface area contributed by atoms with E-state index in [2.05, 4.69) is 10.3 Å². The molecule has 1 fully saturated rings. The minimum atomic E-state index is -0.591. The van der Waals surface area contributed by atoms with E-state index in [1.165, 1.54) is 6.42 Å². The molecule has 0 aromatic carbocycles. The average Bonchev–Trinajstić information content (AvgIpc) is 2.31. The first kappa shape index (κ1) is 10.9. The lowest BCUT2D eigenvalue weighted by Crippen LogP contribution is -2.51. The van der Waals surface area contributed by atoms with Gasteiger partial charge in [0.05, 0.1) is 0 Å². The van der Waals surface area contributed by atoms with Crippen molar-refractivity contribution < 1.29 is 4.79 Å². The van der Waals surface area contributed by atoms with E-state index in [9.17, 15) is 4.79 Å². The van der Waals surface area contributed by atoms with Gasteiger partial charge in [0, 0.05) is 6.20 Å². The summed E-state index contributed by atoms with van der Waals surface area (Å²) in [6, 6.07) is 5.61. The van der Waals surface area contributed by atoms with Crippen LogP contribution < -0.4 is 11.1 Å². The number of anilines is 1. The van der Waals surface area contributed by atoms with Crippen molar-refractivity contribution in [2.45, 2.75) is 37.6 Å². The Labute approximate surface area is 95.3 Å². The molecule has 4 nitrogen and oxygen atoms in total. The van der Waals surface area contributed by atoms with Gasteiger partial charge < -0.3 is 11.1 Å². The molecule has 1 aromatic rings. The Morgan fingerprint density at radius 1 is 1.31 bits per heavy atom. The molecule has 2 rings (SSSR count). The summed E-state index contributed by atoms with van der Waals surface area (Å²) in [5.41, 5.74) is 4.93. The summed E-state index contributed by atoms with van der Waals surface area (Å²) in [6.45, 7) is 0. The number of amides is 1. The minimum Gasteiger partial charge on any atom is -0.368 e. The van der Waals surface area contributed by atoms with Gasteiger partial charge in [0.1, 0.15) is 11.4 Å². The molecule has 0 spiro atoms. The second-order valence-electron chi connectivity index (χ2n) is 4.35. The zero-order valence-electron chi connectivity index (χ0n) is 9.28. The Morgan fingerprint density at radius 2 is 2.06 bits per heavy atom. The summed E-state index contributed by atoms with van der Waals surface area (Å²) < 4.78 is 0. The highest BCUT2D eigenvalue weighted by atomic mass is 16.1. The van der Waals surface area contributed by atoms with Crippen molar-refractivity contribution in [3.05, 3.63) is 24.4 Å². The molecule has 0 bridgehead atoms. The fraction of sp³-hybridized carbons (Fsp3) is 0.500. The lowest BCUT2D eigenvalue weighted by Gasteiger charge is -2.35. The molecule has 4 heteroatoms. The van der Waals surface area contributed by atoms with E-state index in [4.69, 9.17) is 5.73 Å². The summed E-state index contributed by atoms with van der Waals surface area (Å²) in [5.74, 6) is 0.459. The molecular weight excluding hydrogens is 202 g/mol. The molecule has 0 saturated heterocycles. The number of pyridine rings is 1. The Balaban J connectivity index is 2.17. The lowest BCUT2D eigenvalue weighted by atomic mass is 9.81. The zero-order valence-corrected chi connectivity index (χ0v) is 9.28. The maximum Gasteiger partial charge on any atom is 0.243 e. The summed E-state index contributed by atoms with van der Waals surface area (Å²) in [4.78, 5) is 15.8. The maximum atomic E-state index is 11.6. The monoisotopic (exact) mass is 219 g/mol. The topological polar surface area (TPSA) is 68.0 Å². The number of hydrogen-bond donors (Lipinski definition) is 2. The number of primary amides is 1. The van der Waals surface area contributed by atoms with Gasteiger partial charge in [0.15, 0.2) is 0 Å². The molecule has 1 aromatic heterocycles. The third-order valence-corrected chi connectivity index (χ3v) is 3.21. The van der Waals surface area contributed by atoms with Crippen LogP contribution in [-0.4, -0.2) is 16.4 Å². The Hall–Kier alpha value is -1.58. The average molecular weight is 219 g/mol. The molecule has 0 unspecified atom stereocenters. The van der Waals surface area contributed by atoms with E-state index in [1.54, 1.807) is 6.20 Å². The smallest absolute Gasteiger partial charge is 0.243 e. The van der Waals surface area contributed by atoms with Gasteiger partial charge in [-0.1, -0.05) is 25.3 Å². The molecule has 1 heterocycles. The van der Waals surface area contributed by atoms with Crippen LogP contribution in [0.25, 0.3) is 0 Å². The Bertz CT molecular complexity index is 358. The fourth-order valence-corrected chi connectivity index (χ4v) is 2.27. The van der Waals surface area contributed by atoms with Crippen molar-refractivity contribution in [1.82, 2.24) is 4.98 Å². The molecule has 0 aliphatic heterocycles. The van der Waals surface area contributed by atoms with Crippen LogP contribution in [0.15, 0.2) is 24.4 Å². The number of aromatic nitrogens is 1. The molecule has 0 atom stereocenters. The van der Waals surface area contributed by atoms with Gasteiger partial charge in [-0.3, -0.25) is 4.79 Å². The van der Waals surface area contributed by atoms with E-state index in [1.807, 2.05) is 18.2 Å². The van der Waals surface area contributed by atoms with Gasteiger partial charge in [-0.15, -0.1) is 0 Å². The third kappa shape index (κ3) is 2.15. The van der Waals surface area contributed by atoms with Crippen molar-refractivity contribution >= 4 is 11.7 Å². The van der Waals surface area contributed by atoms with E-state index < -0.39 is 5.54 Å². The predicted octanol–water partition coefficient (Wildman–Crippen LogP) is 1.68. The number of hydrogen-bond acceptors (Lipinski definition) is 3. The van der Waals surface area contributed by atoms with Crippen molar-refractivity contribution in [1.29, 1.82) is 0 Å². The SMILES string of the molecule is NC(=O)C1(Nc2ccccn2)CCCCC1. The highest BCUT2D eigenvalue weighted by Gasteiger charge is 2.37. The standard InChI is InChI=1S/C12H17N3O/c13-11(16)12(7-3-1-4-8-12)15-10-6-2-5-9-14-10/h2,5-6,9H,1,3-4,7-8H2,(H2,13,16)(H,14,15). The van der Waals surface area contributed by atoms with Crippen LogP contribution in [0, 0.1) is 0 Å². The molecule has 86 valence electrons. The third-order valence-electron chi connectivity index (χ3n) is 3.21. The van der Waals surface area contributed by atoms with Crippen molar-refractivity contribution in [2.75, 3.05) is 5.32 Å². The van der Waals surface area contributed by atoms with E-state index in [0.717, 1.165) is 31.5 Å². The zero-order chi connectivity index (χ0) is 11.4. The molecule has 16 heavy (non-hydrogen) atoms. The summed E-state index contributed by atoms with van der Waals surface area (Å²) in [7, 11) is 0. The first-order valence-corrected chi connectivity index (χ1v) is 5.72. The van der Waals surface area contributed by atoms with E-state index in [-0.39, 0.29) is 5.91 Å². The van der Waals surface area contributed by atoms with Crippen LogP contribution in [0.5, 0.6) is 0 Å². The minimum absolute atomic E-state index is 0.266.